The van der Waals surface area contributed by atoms with E-state index in [1.165, 1.54) is 23.9 Å². The number of hydrogen-bond donors (Lipinski definition) is 1. The molecule has 1 atom stereocenters. The molecule has 0 aromatic heterocycles. The van der Waals surface area contributed by atoms with E-state index in [1.807, 2.05) is 7.05 Å². The fraction of sp³-hybridized carbons (Fsp3) is 0.500. The largest absolute Gasteiger partial charge is 0.416 e. The van der Waals surface area contributed by atoms with Gasteiger partial charge in [-0.05, 0) is 43.6 Å². The van der Waals surface area contributed by atoms with Gasteiger partial charge < -0.3 is 5.32 Å². The molecule has 0 fully saturated rings. The molecule has 1 nitrogen and oxygen atoms in total. The summed E-state index contributed by atoms with van der Waals surface area (Å²) in [6, 6.07) is 4.47. The molecule has 1 aliphatic heterocycles. The van der Waals surface area contributed by atoms with E-state index in [9.17, 15) is 13.2 Å². The maximum atomic E-state index is 12.9. The van der Waals surface area contributed by atoms with Gasteiger partial charge in [0.05, 0.1) is 5.56 Å². The predicted octanol–water partition coefficient (Wildman–Crippen LogP) is 3.50. The van der Waals surface area contributed by atoms with Crippen molar-refractivity contribution < 1.29 is 13.2 Å². The van der Waals surface area contributed by atoms with E-state index in [4.69, 9.17) is 0 Å². The van der Waals surface area contributed by atoms with Gasteiger partial charge in [-0.15, -0.1) is 11.8 Å². The Bertz CT molecular complexity index is 403. The number of hydrogen-bond acceptors (Lipinski definition) is 2. The molecule has 1 heterocycles. The van der Waals surface area contributed by atoms with Crippen LogP contribution in [0.3, 0.4) is 0 Å². The molecule has 5 heteroatoms. The zero-order valence-corrected chi connectivity index (χ0v) is 10.3. The molecule has 2 rings (SSSR count). The molecule has 0 saturated heterocycles. The van der Waals surface area contributed by atoms with Gasteiger partial charge in [0.25, 0.3) is 0 Å². The van der Waals surface area contributed by atoms with E-state index in [1.54, 1.807) is 6.07 Å². The van der Waals surface area contributed by atoms with Crippen molar-refractivity contribution in [3.63, 3.8) is 0 Å². The lowest BCUT2D eigenvalue weighted by molar-refractivity contribution is -0.138. The number of nitrogens with one attached hydrogen (secondary N) is 1. The first kappa shape index (κ1) is 12.8. The van der Waals surface area contributed by atoms with Crippen LogP contribution < -0.4 is 5.32 Å². The van der Waals surface area contributed by atoms with Crippen molar-refractivity contribution in [1.29, 1.82) is 0 Å². The lowest BCUT2D eigenvalue weighted by Crippen LogP contribution is -2.15. The molecule has 0 radical (unpaired) electrons. The van der Waals surface area contributed by atoms with Crippen LogP contribution in [0.1, 0.15) is 23.5 Å². The van der Waals surface area contributed by atoms with E-state index in [0.29, 0.717) is 5.56 Å². The van der Waals surface area contributed by atoms with Crippen LogP contribution in [0.25, 0.3) is 0 Å². The highest BCUT2D eigenvalue weighted by atomic mass is 32.2. The highest BCUT2D eigenvalue weighted by Crippen LogP contribution is 2.47. The summed E-state index contributed by atoms with van der Waals surface area (Å²) in [6.07, 6.45) is -3.49. The van der Waals surface area contributed by atoms with E-state index >= 15 is 0 Å². The van der Waals surface area contributed by atoms with Crippen LogP contribution in [0.4, 0.5) is 13.2 Å². The first-order valence-electron chi connectivity index (χ1n) is 5.51. The van der Waals surface area contributed by atoms with Gasteiger partial charge in [0.15, 0.2) is 0 Å². The summed E-state index contributed by atoms with van der Waals surface area (Å²) < 4.78 is 38.7. The van der Waals surface area contributed by atoms with Crippen molar-refractivity contribution in [2.45, 2.75) is 23.4 Å². The highest BCUT2D eigenvalue weighted by Gasteiger charge is 2.38. The van der Waals surface area contributed by atoms with Gasteiger partial charge in [-0.25, -0.2) is 0 Å². The minimum atomic E-state index is -4.24. The number of rotatable bonds is 3. The smallest absolute Gasteiger partial charge is 0.320 e. The Morgan fingerprint density at radius 2 is 2.18 bits per heavy atom. The fourth-order valence-electron chi connectivity index (χ4n) is 2.16. The summed E-state index contributed by atoms with van der Waals surface area (Å²) in [4.78, 5) is 0.793. The lowest BCUT2D eigenvalue weighted by atomic mass is 9.93. The third kappa shape index (κ3) is 2.60. The van der Waals surface area contributed by atoms with Crippen molar-refractivity contribution in [1.82, 2.24) is 5.32 Å². The van der Waals surface area contributed by atoms with E-state index in [0.717, 1.165) is 23.6 Å². The maximum absolute atomic E-state index is 12.9. The molecule has 0 spiro atoms. The van der Waals surface area contributed by atoms with Gasteiger partial charge in [0, 0.05) is 10.6 Å². The van der Waals surface area contributed by atoms with Gasteiger partial charge in [-0.2, -0.15) is 13.2 Å². The number of benzene rings is 1. The quantitative estimate of drug-likeness (QED) is 0.893. The molecule has 0 bridgehead atoms. The first-order valence-corrected chi connectivity index (χ1v) is 6.50. The highest BCUT2D eigenvalue weighted by molar-refractivity contribution is 7.99. The Hall–Kier alpha value is -0.680. The minimum Gasteiger partial charge on any atom is -0.320 e. The van der Waals surface area contributed by atoms with Crippen molar-refractivity contribution in [2.75, 3.05) is 19.3 Å². The average molecular weight is 261 g/mol. The van der Waals surface area contributed by atoms with Crippen molar-refractivity contribution >= 4 is 11.8 Å². The topological polar surface area (TPSA) is 12.0 Å². The maximum Gasteiger partial charge on any atom is 0.416 e. The molecule has 0 aliphatic carbocycles. The number of halogens is 3. The van der Waals surface area contributed by atoms with Gasteiger partial charge in [-0.1, -0.05) is 6.07 Å². The molecular formula is C12H14F3NS. The Morgan fingerprint density at radius 3 is 2.82 bits per heavy atom. The summed E-state index contributed by atoms with van der Waals surface area (Å²) in [5, 5.41) is 2.99. The molecule has 1 unspecified atom stereocenters. The van der Waals surface area contributed by atoms with Crippen molar-refractivity contribution in [3.8, 4) is 0 Å². The molecule has 1 aromatic carbocycles. The second-order valence-corrected chi connectivity index (χ2v) is 5.18. The van der Waals surface area contributed by atoms with E-state index in [-0.39, 0.29) is 5.92 Å². The second kappa shape index (κ2) is 4.90. The summed E-state index contributed by atoms with van der Waals surface area (Å²) in [5.41, 5.74) is 0.0429. The van der Waals surface area contributed by atoms with Crippen molar-refractivity contribution in [3.05, 3.63) is 29.3 Å². The summed E-state index contributed by atoms with van der Waals surface area (Å²) in [7, 11) is 1.82. The normalized spacial score (nSPS) is 19.4. The standard InChI is InChI=1S/C12H14F3NS/c1-16-6-5-8-7-17-10-4-2-3-9(11(8)10)12(13,14)15/h2-4,8,16H,5-7H2,1H3. The lowest BCUT2D eigenvalue weighted by Gasteiger charge is -2.16. The molecule has 1 aliphatic rings. The monoisotopic (exact) mass is 261 g/mol. The van der Waals surface area contributed by atoms with Crippen LogP contribution in [0, 0.1) is 0 Å². The second-order valence-electron chi connectivity index (χ2n) is 4.12. The van der Waals surface area contributed by atoms with Crippen LogP contribution in [0.15, 0.2) is 23.1 Å². The Labute approximate surface area is 103 Å². The number of thioether (sulfide) groups is 1. The van der Waals surface area contributed by atoms with Crippen LogP contribution in [-0.2, 0) is 6.18 Å². The first-order chi connectivity index (χ1) is 8.04. The summed E-state index contributed by atoms with van der Waals surface area (Å²) in [6.45, 7) is 0.747. The third-order valence-electron chi connectivity index (χ3n) is 2.96. The minimum absolute atomic E-state index is 0.0141. The fourth-order valence-corrected chi connectivity index (χ4v) is 3.48. The SMILES string of the molecule is CNCCC1CSc2cccc(C(F)(F)F)c21. The number of fused-ring (bicyclic) bond motifs is 1. The van der Waals surface area contributed by atoms with Crippen LogP contribution in [-0.4, -0.2) is 19.3 Å². The molecule has 17 heavy (non-hydrogen) atoms. The predicted molar refractivity (Wildman–Crippen MR) is 63.5 cm³/mol. The van der Waals surface area contributed by atoms with Gasteiger partial charge >= 0.3 is 6.18 Å². The van der Waals surface area contributed by atoms with Crippen LogP contribution >= 0.6 is 11.8 Å². The molecular weight excluding hydrogens is 247 g/mol. The third-order valence-corrected chi connectivity index (χ3v) is 4.20. The molecule has 0 amide bonds. The van der Waals surface area contributed by atoms with E-state index in [2.05, 4.69) is 5.32 Å². The molecule has 1 aromatic rings. The Balaban J connectivity index is 2.35. The van der Waals surface area contributed by atoms with Crippen LogP contribution in [0.2, 0.25) is 0 Å². The van der Waals surface area contributed by atoms with E-state index < -0.39 is 11.7 Å². The molecule has 1 N–H and O–H groups in total. The Morgan fingerprint density at radius 1 is 1.41 bits per heavy atom. The molecule has 94 valence electrons. The van der Waals surface area contributed by atoms with Crippen LogP contribution in [0.5, 0.6) is 0 Å². The van der Waals surface area contributed by atoms with Gasteiger partial charge in [-0.3, -0.25) is 0 Å². The average Bonchev–Trinajstić information content (AvgIpc) is 2.68. The Kier molecular flexibility index (Phi) is 3.68. The van der Waals surface area contributed by atoms with Crippen molar-refractivity contribution in [2.24, 2.45) is 0 Å². The summed E-state index contributed by atoms with van der Waals surface area (Å²) >= 11 is 1.53. The summed E-state index contributed by atoms with van der Waals surface area (Å²) in [5.74, 6) is 0.768. The van der Waals surface area contributed by atoms with Gasteiger partial charge in [0.1, 0.15) is 0 Å². The van der Waals surface area contributed by atoms with Gasteiger partial charge in [0.2, 0.25) is 0 Å². The zero-order chi connectivity index (χ0) is 12.5. The molecule has 0 saturated carbocycles. The zero-order valence-electron chi connectivity index (χ0n) is 9.47. The number of alkyl halides is 3.